The zero-order valence-electron chi connectivity index (χ0n) is 10.4. The van der Waals surface area contributed by atoms with Gasteiger partial charge in [-0.15, -0.1) is 0 Å². The van der Waals surface area contributed by atoms with Crippen molar-refractivity contribution in [2.45, 2.75) is 13.8 Å². The van der Waals surface area contributed by atoms with Gasteiger partial charge in [0, 0.05) is 18.8 Å². The number of hydrogen-bond acceptors (Lipinski definition) is 4. The van der Waals surface area contributed by atoms with Gasteiger partial charge in [-0.1, -0.05) is 26.0 Å². The molecule has 0 radical (unpaired) electrons. The molecule has 0 bridgehead atoms. The van der Waals surface area contributed by atoms with Crippen LogP contribution in [0.3, 0.4) is 0 Å². The summed E-state index contributed by atoms with van der Waals surface area (Å²) in [5.41, 5.74) is 1.14. The van der Waals surface area contributed by atoms with Gasteiger partial charge in [-0.05, 0) is 30.8 Å². The average molecular weight is 235 g/mol. The molecule has 0 atom stereocenters. The molecule has 0 fully saturated rings. The maximum Gasteiger partial charge on any atom is 0.0715 e. The van der Waals surface area contributed by atoms with Gasteiger partial charge >= 0.3 is 0 Å². The van der Waals surface area contributed by atoms with E-state index in [0.717, 1.165) is 31.9 Å². The average Bonchev–Trinajstić information content (AvgIpc) is 2.35. The Bertz CT molecular complexity index is 345. The van der Waals surface area contributed by atoms with Gasteiger partial charge < -0.3 is 20.1 Å². The Morgan fingerprint density at radius 3 is 2.29 bits per heavy atom. The molecule has 0 amide bonds. The highest BCUT2D eigenvalue weighted by atomic mass is 16.4. The lowest BCUT2D eigenvalue weighted by Crippen LogP contribution is -2.28. The number of benzene rings is 1. The number of rotatable bonds is 7. The van der Waals surface area contributed by atoms with Crippen LogP contribution in [-0.2, 0) is 0 Å². The zero-order valence-corrected chi connectivity index (χ0v) is 10.4. The van der Waals surface area contributed by atoms with Gasteiger partial charge in [0.05, 0.1) is 5.97 Å². The van der Waals surface area contributed by atoms with Crippen molar-refractivity contribution in [3.8, 4) is 0 Å². The molecule has 1 N–H and O–H groups in total. The van der Waals surface area contributed by atoms with Crippen LogP contribution in [-0.4, -0.2) is 37.0 Å². The number of anilines is 1. The van der Waals surface area contributed by atoms with Crippen LogP contribution in [0, 0.1) is 0 Å². The minimum atomic E-state index is -1.14. The number of carbonyl (C=O) groups is 1. The van der Waals surface area contributed by atoms with E-state index in [1.54, 1.807) is 24.3 Å². The first-order valence-corrected chi connectivity index (χ1v) is 5.95. The molecular weight excluding hydrogens is 216 g/mol. The number of nitrogens with one attached hydrogen (secondary N) is 1. The third kappa shape index (κ3) is 4.44. The van der Waals surface area contributed by atoms with Crippen molar-refractivity contribution in [3.05, 3.63) is 29.8 Å². The summed E-state index contributed by atoms with van der Waals surface area (Å²) < 4.78 is 0. The number of likely N-dealkylation sites (N-methyl/N-ethyl adjacent to an activating group) is 1. The number of aromatic carboxylic acids is 1. The van der Waals surface area contributed by atoms with Gasteiger partial charge in [-0.2, -0.15) is 0 Å². The van der Waals surface area contributed by atoms with E-state index in [1.807, 2.05) is 0 Å². The highest BCUT2D eigenvalue weighted by Gasteiger charge is 1.98. The van der Waals surface area contributed by atoms with E-state index < -0.39 is 5.97 Å². The predicted molar refractivity (Wildman–Crippen MR) is 67.1 cm³/mol. The van der Waals surface area contributed by atoms with E-state index in [4.69, 9.17) is 0 Å². The SMILES string of the molecule is CCN(CC)CCNc1ccc(C(=O)[O-])cc1. The first kappa shape index (κ1) is 13.5. The number of carbonyl (C=O) groups excluding carboxylic acids is 1. The van der Waals surface area contributed by atoms with Crippen LogP contribution in [0.2, 0.25) is 0 Å². The summed E-state index contributed by atoms with van der Waals surface area (Å²) in [7, 11) is 0. The van der Waals surface area contributed by atoms with E-state index >= 15 is 0 Å². The summed E-state index contributed by atoms with van der Waals surface area (Å²) in [6.45, 7) is 8.20. The molecule has 1 rings (SSSR count). The topological polar surface area (TPSA) is 55.4 Å². The van der Waals surface area contributed by atoms with E-state index in [1.165, 1.54) is 0 Å². The quantitative estimate of drug-likeness (QED) is 0.759. The van der Waals surface area contributed by atoms with Crippen LogP contribution in [0.25, 0.3) is 0 Å². The van der Waals surface area contributed by atoms with Crippen molar-refractivity contribution in [1.29, 1.82) is 0 Å². The van der Waals surface area contributed by atoms with Gasteiger partial charge in [0.25, 0.3) is 0 Å². The number of nitrogens with zero attached hydrogens (tertiary/aromatic N) is 1. The standard InChI is InChI=1S/C13H20N2O2/c1-3-15(4-2)10-9-14-12-7-5-11(6-8-12)13(16)17/h5-8,14H,3-4,9-10H2,1-2H3,(H,16,17)/p-1. The van der Waals surface area contributed by atoms with Crippen LogP contribution in [0.15, 0.2) is 24.3 Å². The minimum absolute atomic E-state index is 0.208. The van der Waals surface area contributed by atoms with Crippen LogP contribution in [0.4, 0.5) is 5.69 Å². The van der Waals surface area contributed by atoms with Crippen LogP contribution in [0.5, 0.6) is 0 Å². The zero-order chi connectivity index (χ0) is 12.7. The summed E-state index contributed by atoms with van der Waals surface area (Å²) in [6.07, 6.45) is 0. The number of carboxylic acid groups (broad SMARTS) is 1. The molecule has 1 aromatic carbocycles. The second-order valence-electron chi connectivity index (χ2n) is 3.82. The highest BCUT2D eigenvalue weighted by molar-refractivity contribution is 5.86. The summed E-state index contributed by atoms with van der Waals surface area (Å²) >= 11 is 0. The Balaban J connectivity index is 2.39. The van der Waals surface area contributed by atoms with Crippen molar-refractivity contribution < 1.29 is 9.90 Å². The van der Waals surface area contributed by atoms with Crippen LogP contribution in [0.1, 0.15) is 24.2 Å². The molecule has 0 saturated carbocycles. The van der Waals surface area contributed by atoms with E-state index in [2.05, 4.69) is 24.1 Å². The molecular formula is C13H19N2O2-. The van der Waals surface area contributed by atoms with Gasteiger partial charge in [0.1, 0.15) is 0 Å². The van der Waals surface area contributed by atoms with Gasteiger partial charge in [0.15, 0.2) is 0 Å². The second-order valence-corrected chi connectivity index (χ2v) is 3.82. The molecule has 1 aromatic rings. The first-order chi connectivity index (χ1) is 8.17. The molecule has 0 aliphatic heterocycles. The van der Waals surface area contributed by atoms with E-state index in [0.29, 0.717) is 0 Å². The normalized spacial score (nSPS) is 10.5. The molecule has 0 heterocycles. The van der Waals surface area contributed by atoms with Crippen molar-refractivity contribution in [2.75, 3.05) is 31.5 Å². The fourth-order valence-corrected chi connectivity index (χ4v) is 1.62. The van der Waals surface area contributed by atoms with Crippen LogP contribution < -0.4 is 10.4 Å². The molecule has 0 unspecified atom stereocenters. The lowest BCUT2D eigenvalue weighted by atomic mass is 10.2. The molecule has 4 heteroatoms. The van der Waals surface area contributed by atoms with Crippen LogP contribution >= 0.6 is 0 Å². The predicted octanol–water partition coefficient (Wildman–Crippen LogP) is 0.804. The summed E-state index contributed by atoms with van der Waals surface area (Å²) in [5, 5.41) is 13.8. The number of hydrogen-bond donors (Lipinski definition) is 1. The summed E-state index contributed by atoms with van der Waals surface area (Å²) in [6, 6.07) is 6.62. The van der Waals surface area contributed by atoms with Crippen molar-refractivity contribution in [2.24, 2.45) is 0 Å². The van der Waals surface area contributed by atoms with E-state index in [-0.39, 0.29) is 5.56 Å². The smallest absolute Gasteiger partial charge is 0.0715 e. The van der Waals surface area contributed by atoms with Crippen molar-refractivity contribution in [3.63, 3.8) is 0 Å². The summed E-state index contributed by atoms with van der Waals surface area (Å²) in [4.78, 5) is 12.9. The fraction of sp³-hybridized carbons (Fsp3) is 0.462. The third-order valence-corrected chi connectivity index (χ3v) is 2.77. The third-order valence-electron chi connectivity index (χ3n) is 2.77. The lowest BCUT2D eigenvalue weighted by molar-refractivity contribution is -0.255. The Labute approximate surface area is 102 Å². The van der Waals surface area contributed by atoms with Gasteiger partial charge in [0.2, 0.25) is 0 Å². The minimum Gasteiger partial charge on any atom is -0.545 e. The lowest BCUT2D eigenvalue weighted by Gasteiger charge is -2.18. The molecule has 0 spiro atoms. The molecule has 17 heavy (non-hydrogen) atoms. The Hall–Kier alpha value is -1.55. The fourth-order valence-electron chi connectivity index (χ4n) is 1.62. The largest absolute Gasteiger partial charge is 0.545 e. The van der Waals surface area contributed by atoms with E-state index in [9.17, 15) is 9.90 Å². The molecule has 94 valence electrons. The van der Waals surface area contributed by atoms with Crippen molar-refractivity contribution >= 4 is 11.7 Å². The molecule has 0 saturated heterocycles. The Morgan fingerprint density at radius 1 is 1.24 bits per heavy atom. The maximum absolute atomic E-state index is 10.6. The second kappa shape index (κ2) is 6.91. The van der Waals surface area contributed by atoms with Gasteiger partial charge in [-0.3, -0.25) is 0 Å². The molecule has 4 nitrogen and oxygen atoms in total. The molecule has 0 aromatic heterocycles. The highest BCUT2D eigenvalue weighted by Crippen LogP contribution is 2.08. The first-order valence-electron chi connectivity index (χ1n) is 5.95. The molecule has 0 aliphatic carbocycles. The molecule has 0 aliphatic rings. The number of carboxylic acids is 1. The Kier molecular flexibility index (Phi) is 5.49. The van der Waals surface area contributed by atoms with Gasteiger partial charge in [-0.25, -0.2) is 0 Å². The monoisotopic (exact) mass is 235 g/mol. The Morgan fingerprint density at radius 2 is 1.82 bits per heavy atom. The summed E-state index contributed by atoms with van der Waals surface area (Å²) in [5.74, 6) is -1.14. The maximum atomic E-state index is 10.6. The van der Waals surface area contributed by atoms with Crippen molar-refractivity contribution in [1.82, 2.24) is 4.90 Å².